The Bertz CT molecular complexity index is 354. The van der Waals surface area contributed by atoms with Gasteiger partial charge in [0.2, 0.25) is 0 Å². The minimum absolute atomic E-state index is 0.0451. The molecule has 0 amide bonds. The van der Waals surface area contributed by atoms with Crippen LogP contribution < -0.4 is 0 Å². The fourth-order valence-corrected chi connectivity index (χ4v) is 1.28. The first kappa shape index (κ1) is 11.6. The van der Waals surface area contributed by atoms with E-state index in [1.807, 2.05) is 0 Å². The smallest absolute Gasteiger partial charge is 0.162 e. The number of benzene rings is 1. The molecule has 0 bridgehead atoms. The molecule has 1 aromatic rings. The maximum atomic E-state index is 12.6. The lowest BCUT2D eigenvalue weighted by molar-refractivity contribution is -0.117. The zero-order valence-electron chi connectivity index (χ0n) is 8.63. The molecule has 0 heterocycles. The van der Waals surface area contributed by atoms with Crippen LogP contribution in [0.2, 0.25) is 0 Å². The largest absolute Gasteiger partial charge is 0.300 e. The van der Waals surface area contributed by atoms with Gasteiger partial charge in [-0.1, -0.05) is 0 Å². The van der Waals surface area contributed by atoms with Crippen molar-refractivity contribution in [2.75, 3.05) is 0 Å². The van der Waals surface area contributed by atoms with E-state index < -0.39 is 0 Å². The lowest BCUT2D eigenvalue weighted by atomic mass is 10.0. The minimum Gasteiger partial charge on any atom is -0.300 e. The van der Waals surface area contributed by atoms with E-state index in [4.69, 9.17) is 0 Å². The third-order valence-electron chi connectivity index (χ3n) is 2.10. The Labute approximate surface area is 88.1 Å². The van der Waals surface area contributed by atoms with Crippen molar-refractivity contribution < 1.29 is 14.0 Å². The van der Waals surface area contributed by atoms with Gasteiger partial charge in [-0.05, 0) is 37.6 Å². The van der Waals surface area contributed by atoms with Gasteiger partial charge < -0.3 is 4.79 Å². The van der Waals surface area contributed by atoms with E-state index in [9.17, 15) is 14.0 Å². The van der Waals surface area contributed by atoms with Crippen molar-refractivity contribution in [1.29, 1.82) is 0 Å². The van der Waals surface area contributed by atoms with Gasteiger partial charge in [-0.25, -0.2) is 4.39 Å². The molecule has 1 rings (SSSR count). The summed E-state index contributed by atoms with van der Waals surface area (Å²) in [6.45, 7) is 1.50. The van der Waals surface area contributed by atoms with Gasteiger partial charge in [0.15, 0.2) is 5.78 Å². The van der Waals surface area contributed by atoms with Gasteiger partial charge >= 0.3 is 0 Å². The van der Waals surface area contributed by atoms with Gasteiger partial charge in [-0.2, -0.15) is 0 Å². The monoisotopic (exact) mass is 208 g/mol. The van der Waals surface area contributed by atoms with Crippen molar-refractivity contribution in [3.05, 3.63) is 35.6 Å². The maximum Gasteiger partial charge on any atom is 0.162 e. The molecule has 0 radical (unpaired) electrons. The van der Waals surface area contributed by atoms with E-state index in [2.05, 4.69) is 0 Å². The second-order valence-electron chi connectivity index (χ2n) is 3.49. The number of carbonyl (C=O) groups is 2. The Hall–Kier alpha value is -1.51. The molecule has 0 saturated heterocycles. The van der Waals surface area contributed by atoms with Crippen LogP contribution in [0.5, 0.6) is 0 Å². The van der Waals surface area contributed by atoms with Crippen molar-refractivity contribution in [3.8, 4) is 0 Å². The molecule has 80 valence electrons. The van der Waals surface area contributed by atoms with E-state index in [0.29, 0.717) is 24.8 Å². The lowest BCUT2D eigenvalue weighted by Gasteiger charge is -1.99. The fraction of sp³-hybridized carbons (Fsp3) is 0.333. The highest BCUT2D eigenvalue weighted by molar-refractivity contribution is 5.96. The van der Waals surface area contributed by atoms with Crippen LogP contribution in [0.1, 0.15) is 36.5 Å². The summed E-state index contributed by atoms with van der Waals surface area (Å²) in [4.78, 5) is 22.1. The molecule has 0 unspecified atom stereocenters. The van der Waals surface area contributed by atoms with Crippen molar-refractivity contribution in [2.45, 2.75) is 26.2 Å². The van der Waals surface area contributed by atoms with Crippen LogP contribution in [0, 0.1) is 5.82 Å². The van der Waals surface area contributed by atoms with E-state index in [1.54, 1.807) is 0 Å². The third-order valence-corrected chi connectivity index (χ3v) is 2.10. The topological polar surface area (TPSA) is 34.1 Å². The van der Waals surface area contributed by atoms with Crippen LogP contribution >= 0.6 is 0 Å². The van der Waals surface area contributed by atoms with Gasteiger partial charge in [0.05, 0.1) is 0 Å². The molecule has 0 atom stereocenters. The van der Waals surface area contributed by atoms with Crippen LogP contribution in [0.25, 0.3) is 0 Å². The Morgan fingerprint density at radius 3 is 2.27 bits per heavy atom. The molecule has 1 aromatic carbocycles. The molecule has 15 heavy (non-hydrogen) atoms. The lowest BCUT2D eigenvalue weighted by Crippen LogP contribution is -2.00. The third kappa shape index (κ3) is 4.02. The molecule has 0 aliphatic heterocycles. The normalized spacial score (nSPS) is 10.0. The number of halogens is 1. The zero-order chi connectivity index (χ0) is 11.3. The first-order chi connectivity index (χ1) is 7.09. The van der Waals surface area contributed by atoms with Crippen molar-refractivity contribution in [1.82, 2.24) is 0 Å². The highest BCUT2D eigenvalue weighted by atomic mass is 19.1. The molecular formula is C12H13FO2. The molecule has 0 spiro atoms. The summed E-state index contributed by atoms with van der Waals surface area (Å²) >= 11 is 0. The quantitative estimate of drug-likeness (QED) is 0.697. The van der Waals surface area contributed by atoms with Crippen molar-refractivity contribution >= 4 is 11.6 Å². The summed E-state index contributed by atoms with van der Waals surface area (Å²) in [5.41, 5.74) is 0.500. The van der Waals surface area contributed by atoms with Crippen LogP contribution in [0.3, 0.4) is 0 Å². The summed E-state index contributed by atoms with van der Waals surface area (Å²) < 4.78 is 12.6. The van der Waals surface area contributed by atoms with E-state index >= 15 is 0 Å². The molecule has 0 aliphatic rings. The molecule has 3 heteroatoms. The predicted octanol–water partition coefficient (Wildman–Crippen LogP) is 2.77. The Morgan fingerprint density at radius 1 is 1.13 bits per heavy atom. The van der Waals surface area contributed by atoms with Crippen molar-refractivity contribution in [3.63, 3.8) is 0 Å². The van der Waals surface area contributed by atoms with Gasteiger partial charge in [-0.3, -0.25) is 4.79 Å². The van der Waals surface area contributed by atoms with Crippen LogP contribution in [-0.2, 0) is 4.79 Å². The summed E-state index contributed by atoms with van der Waals surface area (Å²) in [6.07, 6.45) is 1.32. The number of rotatable bonds is 5. The Kier molecular flexibility index (Phi) is 4.16. The van der Waals surface area contributed by atoms with Gasteiger partial charge in [0.1, 0.15) is 11.6 Å². The first-order valence-corrected chi connectivity index (χ1v) is 4.88. The van der Waals surface area contributed by atoms with Crippen molar-refractivity contribution in [2.24, 2.45) is 0 Å². The number of hydrogen-bond acceptors (Lipinski definition) is 2. The van der Waals surface area contributed by atoms with E-state index in [-0.39, 0.29) is 17.4 Å². The SMILES string of the molecule is CC(=O)CCCC(=O)c1ccc(F)cc1. The molecule has 0 saturated carbocycles. The summed E-state index contributed by atoms with van der Waals surface area (Å²) in [7, 11) is 0. The second-order valence-corrected chi connectivity index (χ2v) is 3.49. The van der Waals surface area contributed by atoms with Gasteiger partial charge in [0.25, 0.3) is 0 Å². The Morgan fingerprint density at radius 2 is 1.73 bits per heavy atom. The first-order valence-electron chi connectivity index (χ1n) is 4.88. The molecule has 0 fully saturated rings. The highest BCUT2D eigenvalue weighted by Crippen LogP contribution is 2.08. The van der Waals surface area contributed by atoms with E-state index in [1.165, 1.54) is 31.2 Å². The molecule has 2 nitrogen and oxygen atoms in total. The summed E-state index contributed by atoms with van der Waals surface area (Å²) in [5, 5.41) is 0. The maximum absolute atomic E-state index is 12.6. The fourth-order valence-electron chi connectivity index (χ4n) is 1.28. The van der Waals surface area contributed by atoms with Gasteiger partial charge in [0, 0.05) is 18.4 Å². The van der Waals surface area contributed by atoms with Crippen LogP contribution in [0.15, 0.2) is 24.3 Å². The van der Waals surface area contributed by atoms with Crippen LogP contribution in [-0.4, -0.2) is 11.6 Å². The van der Waals surface area contributed by atoms with Crippen LogP contribution in [0.4, 0.5) is 4.39 Å². The van der Waals surface area contributed by atoms with Gasteiger partial charge in [-0.15, -0.1) is 0 Å². The molecule has 0 aliphatic carbocycles. The zero-order valence-corrected chi connectivity index (χ0v) is 8.63. The average Bonchev–Trinajstić information content (AvgIpc) is 2.18. The summed E-state index contributed by atoms with van der Waals surface area (Å²) in [5.74, 6) is -0.312. The standard InChI is InChI=1S/C12H13FO2/c1-9(14)3-2-4-12(15)10-5-7-11(13)8-6-10/h5-8H,2-4H2,1H3. The predicted molar refractivity (Wildman–Crippen MR) is 55.3 cm³/mol. The minimum atomic E-state index is -0.352. The number of hydrogen-bond donors (Lipinski definition) is 0. The Balaban J connectivity index is 2.47. The second kappa shape index (κ2) is 5.39. The number of Topliss-reactive ketones (excluding diaryl/α,β-unsaturated/α-hetero) is 2. The molecular weight excluding hydrogens is 195 g/mol. The molecule has 0 N–H and O–H groups in total. The number of ketones is 2. The highest BCUT2D eigenvalue weighted by Gasteiger charge is 2.05. The molecule has 0 aromatic heterocycles. The van der Waals surface area contributed by atoms with E-state index in [0.717, 1.165) is 0 Å². The average molecular weight is 208 g/mol. The number of carbonyl (C=O) groups excluding carboxylic acids is 2. The summed E-state index contributed by atoms with van der Waals surface area (Å²) in [6, 6.07) is 5.45.